The number of aromatic amines is 1. The van der Waals surface area contributed by atoms with Crippen LogP contribution in [0.2, 0.25) is 0 Å². The number of hydrogen-bond acceptors (Lipinski definition) is 5. The Hall–Kier alpha value is -2.44. The molecule has 0 aromatic carbocycles. The van der Waals surface area contributed by atoms with Crippen molar-refractivity contribution in [2.24, 2.45) is 7.05 Å². The molecule has 1 N–H and O–H groups in total. The van der Waals surface area contributed by atoms with Crippen LogP contribution in [0.15, 0.2) is 6.20 Å². The monoisotopic (exact) mass is 351 g/mol. The molecule has 7 nitrogen and oxygen atoms in total. The van der Waals surface area contributed by atoms with Crippen LogP contribution >= 0.6 is 0 Å². The van der Waals surface area contributed by atoms with Crippen LogP contribution in [0.3, 0.4) is 0 Å². The molecule has 0 spiro atoms. The Kier molecular flexibility index (Phi) is 3.69. The minimum absolute atomic E-state index is 0.648. The van der Waals surface area contributed by atoms with Crippen LogP contribution in [-0.2, 0) is 26.4 Å². The van der Waals surface area contributed by atoms with Gasteiger partial charge in [0.1, 0.15) is 11.6 Å². The summed E-state index contributed by atoms with van der Waals surface area (Å²) in [7, 11) is 1.95. The first-order valence-corrected chi connectivity index (χ1v) is 9.74. The van der Waals surface area contributed by atoms with Gasteiger partial charge in [0.2, 0.25) is 0 Å². The highest BCUT2D eigenvalue weighted by atomic mass is 15.3. The topological polar surface area (TPSA) is 75.5 Å². The highest BCUT2D eigenvalue weighted by Gasteiger charge is 2.30. The summed E-state index contributed by atoms with van der Waals surface area (Å²) in [6, 6.07) is 0. The molecular weight excluding hydrogens is 326 g/mol. The van der Waals surface area contributed by atoms with Crippen LogP contribution in [0.25, 0.3) is 11.0 Å². The first-order valence-electron chi connectivity index (χ1n) is 9.74. The number of anilines is 1. The van der Waals surface area contributed by atoms with Gasteiger partial charge in [0.15, 0.2) is 5.65 Å². The van der Waals surface area contributed by atoms with Crippen LogP contribution in [0.4, 0.5) is 5.82 Å². The fourth-order valence-electron chi connectivity index (χ4n) is 4.14. The smallest absolute Gasteiger partial charge is 0.163 e. The summed E-state index contributed by atoms with van der Waals surface area (Å²) in [6.07, 6.45) is 8.71. The molecule has 1 aliphatic heterocycles. The van der Waals surface area contributed by atoms with Crippen molar-refractivity contribution >= 4 is 16.9 Å². The van der Waals surface area contributed by atoms with Gasteiger partial charge in [-0.15, -0.1) is 0 Å². The highest BCUT2D eigenvalue weighted by Crippen LogP contribution is 2.39. The van der Waals surface area contributed by atoms with Crippen molar-refractivity contribution in [3.05, 3.63) is 29.0 Å². The number of nitrogens with zero attached hydrogens (tertiary/aromatic N) is 6. The van der Waals surface area contributed by atoms with Crippen molar-refractivity contribution < 1.29 is 0 Å². The molecule has 5 rings (SSSR count). The molecule has 0 bridgehead atoms. The molecule has 1 saturated carbocycles. The molecule has 2 aliphatic rings. The van der Waals surface area contributed by atoms with Crippen LogP contribution in [0.1, 0.15) is 61.3 Å². The van der Waals surface area contributed by atoms with E-state index in [9.17, 15) is 0 Å². The summed E-state index contributed by atoms with van der Waals surface area (Å²) in [4.78, 5) is 12.0. The van der Waals surface area contributed by atoms with E-state index in [1.807, 2.05) is 17.9 Å². The van der Waals surface area contributed by atoms with Crippen LogP contribution in [-0.4, -0.2) is 36.5 Å². The molecule has 4 heterocycles. The number of nitrogens with one attached hydrogen (secondary N) is 1. The molecule has 0 radical (unpaired) electrons. The fraction of sp³-hybridized carbons (Fsp3) is 0.579. The van der Waals surface area contributed by atoms with Gasteiger partial charge in [-0.2, -0.15) is 10.2 Å². The molecule has 1 fully saturated rings. The Morgan fingerprint density at radius 1 is 1.27 bits per heavy atom. The van der Waals surface area contributed by atoms with E-state index in [0.29, 0.717) is 5.92 Å². The van der Waals surface area contributed by atoms with Gasteiger partial charge < -0.3 is 4.90 Å². The zero-order chi connectivity index (χ0) is 17.7. The zero-order valence-corrected chi connectivity index (χ0v) is 15.5. The Bertz CT molecular complexity index is 950. The Morgan fingerprint density at radius 3 is 2.92 bits per heavy atom. The van der Waals surface area contributed by atoms with Gasteiger partial charge in [-0.1, -0.05) is 13.3 Å². The maximum absolute atomic E-state index is 4.92. The number of aryl methyl sites for hydroxylation is 2. The second kappa shape index (κ2) is 6.07. The quantitative estimate of drug-likeness (QED) is 0.782. The molecule has 0 saturated heterocycles. The summed E-state index contributed by atoms with van der Waals surface area (Å²) >= 11 is 0. The summed E-state index contributed by atoms with van der Waals surface area (Å²) < 4.78 is 1.85. The number of fused-ring (bicyclic) bond motifs is 2. The molecule has 26 heavy (non-hydrogen) atoms. The SMILES string of the molecule is CCCc1nc(N2CCc3[nH]nc(C4CCC4)c3C2)c2cnn(C)c2n1. The number of rotatable bonds is 4. The molecule has 3 aromatic rings. The normalized spacial score (nSPS) is 17.5. The Morgan fingerprint density at radius 2 is 2.15 bits per heavy atom. The van der Waals surface area contributed by atoms with Crippen molar-refractivity contribution in [3.8, 4) is 0 Å². The third kappa shape index (κ3) is 2.40. The largest absolute Gasteiger partial charge is 0.351 e. The number of aromatic nitrogens is 6. The number of H-pyrrole nitrogens is 1. The lowest BCUT2D eigenvalue weighted by Gasteiger charge is -2.31. The maximum Gasteiger partial charge on any atom is 0.163 e. The van der Waals surface area contributed by atoms with Gasteiger partial charge in [-0.05, 0) is 19.3 Å². The average molecular weight is 351 g/mol. The lowest BCUT2D eigenvalue weighted by atomic mass is 9.81. The molecule has 0 amide bonds. The van der Waals surface area contributed by atoms with Crippen molar-refractivity contribution in [1.82, 2.24) is 29.9 Å². The van der Waals surface area contributed by atoms with Crippen molar-refractivity contribution in [2.75, 3.05) is 11.4 Å². The van der Waals surface area contributed by atoms with Gasteiger partial charge in [0.05, 0.1) is 17.3 Å². The average Bonchev–Trinajstić information content (AvgIpc) is 3.18. The third-order valence-corrected chi connectivity index (χ3v) is 5.85. The van der Waals surface area contributed by atoms with E-state index in [2.05, 4.69) is 27.1 Å². The summed E-state index contributed by atoms with van der Waals surface area (Å²) in [5.74, 6) is 2.59. The summed E-state index contributed by atoms with van der Waals surface area (Å²) in [5, 5.41) is 13.4. The lowest BCUT2D eigenvalue weighted by Crippen LogP contribution is -2.32. The van der Waals surface area contributed by atoms with Gasteiger partial charge in [0, 0.05) is 50.2 Å². The molecule has 1 aliphatic carbocycles. The second-order valence-corrected chi connectivity index (χ2v) is 7.58. The van der Waals surface area contributed by atoms with Gasteiger partial charge in [-0.3, -0.25) is 9.78 Å². The maximum atomic E-state index is 4.92. The first-order chi connectivity index (χ1) is 12.7. The van der Waals surface area contributed by atoms with Gasteiger partial charge in [-0.25, -0.2) is 9.97 Å². The van der Waals surface area contributed by atoms with Crippen molar-refractivity contribution in [3.63, 3.8) is 0 Å². The minimum Gasteiger partial charge on any atom is -0.351 e. The molecule has 0 unspecified atom stereocenters. The van der Waals surface area contributed by atoms with Crippen LogP contribution in [0, 0.1) is 0 Å². The fourth-order valence-corrected chi connectivity index (χ4v) is 4.14. The third-order valence-electron chi connectivity index (χ3n) is 5.85. The van der Waals surface area contributed by atoms with E-state index in [4.69, 9.17) is 9.97 Å². The molecule has 0 atom stereocenters. The van der Waals surface area contributed by atoms with Crippen LogP contribution in [0.5, 0.6) is 0 Å². The lowest BCUT2D eigenvalue weighted by molar-refractivity contribution is 0.408. The van der Waals surface area contributed by atoms with E-state index < -0.39 is 0 Å². The van der Waals surface area contributed by atoms with Crippen molar-refractivity contribution in [2.45, 2.75) is 57.9 Å². The summed E-state index contributed by atoms with van der Waals surface area (Å²) in [6.45, 7) is 4.00. The standard InChI is InChI=1S/C19H25N7/c1-3-5-16-21-18-13(10-20-25(18)2)19(22-16)26-9-8-15-14(11-26)17(24-23-15)12-6-4-7-12/h10,12H,3-9,11H2,1-2H3,(H,23,24). The molecule has 7 heteroatoms. The van der Waals surface area contributed by atoms with Crippen molar-refractivity contribution in [1.29, 1.82) is 0 Å². The second-order valence-electron chi connectivity index (χ2n) is 7.58. The summed E-state index contributed by atoms with van der Waals surface area (Å²) in [5.41, 5.74) is 4.93. The Balaban J connectivity index is 1.55. The predicted molar refractivity (Wildman–Crippen MR) is 100 cm³/mol. The van der Waals surface area contributed by atoms with Gasteiger partial charge >= 0.3 is 0 Å². The van der Waals surface area contributed by atoms with Gasteiger partial charge in [0.25, 0.3) is 0 Å². The molecule has 136 valence electrons. The zero-order valence-electron chi connectivity index (χ0n) is 15.5. The molecular formula is C19H25N7. The van der Waals surface area contributed by atoms with E-state index in [1.165, 1.54) is 36.2 Å². The van der Waals surface area contributed by atoms with E-state index >= 15 is 0 Å². The Labute approximate surface area is 152 Å². The van der Waals surface area contributed by atoms with E-state index in [0.717, 1.165) is 55.0 Å². The van der Waals surface area contributed by atoms with Crippen LogP contribution < -0.4 is 4.90 Å². The molecule has 3 aromatic heterocycles. The minimum atomic E-state index is 0.648. The van der Waals surface area contributed by atoms with E-state index in [-0.39, 0.29) is 0 Å². The predicted octanol–water partition coefficient (Wildman–Crippen LogP) is 2.87. The first kappa shape index (κ1) is 15.8. The van der Waals surface area contributed by atoms with E-state index in [1.54, 1.807) is 0 Å². The number of hydrogen-bond donors (Lipinski definition) is 1. The highest BCUT2D eigenvalue weighted by molar-refractivity contribution is 5.87.